The van der Waals surface area contributed by atoms with E-state index in [1.165, 1.54) is 7.11 Å². The van der Waals surface area contributed by atoms with Crippen LogP contribution in [0.1, 0.15) is 0 Å². The average molecular weight is 357 g/mol. The molecular formula is C13H7BrF2N2OS. The summed E-state index contributed by atoms with van der Waals surface area (Å²) >= 11 is 3.92. The van der Waals surface area contributed by atoms with E-state index in [1.807, 2.05) is 0 Å². The molecule has 102 valence electrons. The standard InChI is InChI=1S/C13H7BrF2N2OS/c1-19-7-4-2-6(3-5-7)8-10(15)11(16)9(14)13-12(8)17-20-18-13/h2-5H,1H3. The Morgan fingerprint density at radius 3 is 2.35 bits per heavy atom. The molecule has 1 heterocycles. The van der Waals surface area contributed by atoms with Crippen LogP contribution in [0, 0.1) is 11.6 Å². The highest BCUT2D eigenvalue weighted by atomic mass is 79.9. The predicted molar refractivity (Wildman–Crippen MR) is 77.0 cm³/mol. The predicted octanol–water partition coefficient (Wildman–Crippen LogP) is 4.41. The summed E-state index contributed by atoms with van der Waals surface area (Å²) in [5, 5.41) is 0. The molecule has 0 saturated heterocycles. The minimum Gasteiger partial charge on any atom is -0.497 e. The second kappa shape index (κ2) is 5.06. The highest BCUT2D eigenvalue weighted by Crippen LogP contribution is 2.37. The zero-order chi connectivity index (χ0) is 14.3. The quantitative estimate of drug-likeness (QED) is 0.638. The Bertz CT molecular complexity index is 789. The molecule has 0 aliphatic heterocycles. The SMILES string of the molecule is COc1ccc(-c2c(F)c(F)c(Br)c3nsnc23)cc1. The molecule has 0 saturated carbocycles. The highest BCUT2D eigenvalue weighted by Gasteiger charge is 2.22. The van der Waals surface area contributed by atoms with Gasteiger partial charge in [-0.1, -0.05) is 12.1 Å². The van der Waals surface area contributed by atoms with Gasteiger partial charge in [-0.05, 0) is 33.6 Å². The first kappa shape index (κ1) is 13.4. The Labute approximate surface area is 125 Å². The molecule has 0 N–H and O–H groups in total. The lowest BCUT2D eigenvalue weighted by Crippen LogP contribution is -1.94. The zero-order valence-corrected chi connectivity index (χ0v) is 12.6. The summed E-state index contributed by atoms with van der Waals surface area (Å²) < 4.78 is 41.3. The molecule has 3 nitrogen and oxygen atoms in total. The number of benzene rings is 2. The molecule has 0 spiro atoms. The van der Waals surface area contributed by atoms with Crippen LogP contribution in [0.5, 0.6) is 5.75 Å². The van der Waals surface area contributed by atoms with Crippen LogP contribution in [0.2, 0.25) is 0 Å². The van der Waals surface area contributed by atoms with Crippen LogP contribution in [-0.2, 0) is 0 Å². The van der Waals surface area contributed by atoms with Crippen molar-refractivity contribution in [2.75, 3.05) is 7.11 Å². The number of aromatic nitrogens is 2. The van der Waals surface area contributed by atoms with E-state index in [0.717, 1.165) is 11.7 Å². The largest absolute Gasteiger partial charge is 0.497 e. The van der Waals surface area contributed by atoms with E-state index < -0.39 is 11.6 Å². The minimum atomic E-state index is -0.962. The van der Waals surface area contributed by atoms with Gasteiger partial charge in [-0.2, -0.15) is 8.75 Å². The first-order chi connectivity index (χ1) is 9.63. The van der Waals surface area contributed by atoms with Gasteiger partial charge in [0.15, 0.2) is 11.6 Å². The number of rotatable bonds is 2. The number of halogens is 3. The van der Waals surface area contributed by atoms with E-state index in [2.05, 4.69) is 24.7 Å². The molecule has 3 rings (SSSR count). The van der Waals surface area contributed by atoms with E-state index in [1.54, 1.807) is 24.3 Å². The van der Waals surface area contributed by atoms with Crippen LogP contribution >= 0.6 is 27.7 Å². The Kier molecular flexibility index (Phi) is 3.39. The van der Waals surface area contributed by atoms with Crippen LogP contribution in [0.3, 0.4) is 0 Å². The molecule has 0 radical (unpaired) electrons. The van der Waals surface area contributed by atoms with Crippen molar-refractivity contribution in [3.05, 3.63) is 40.4 Å². The minimum absolute atomic E-state index is 0.00369. The number of ether oxygens (including phenoxy) is 1. The molecule has 0 aliphatic rings. The lowest BCUT2D eigenvalue weighted by atomic mass is 10.0. The number of methoxy groups -OCH3 is 1. The number of fused-ring (bicyclic) bond motifs is 1. The van der Waals surface area contributed by atoms with E-state index in [4.69, 9.17) is 4.74 Å². The van der Waals surface area contributed by atoms with Gasteiger partial charge >= 0.3 is 0 Å². The van der Waals surface area contributed by atoms with Gasteiger partial charge in [0.05, 0.1) is 23.3 Å². The van der Waals surface area contributed by atoms with Crippen LogP contribution in [0.15, 0.2) is 28.7 Å². The van der Waals surface area contributed by atoms with Gasteiger partial charge in [0, 0.05) is 5.56 Å². The maximum absolute atomic E-state index is 14.2. The van der Waals surface area contributed by atoms with Gasteiger partial charge < -0.3 is 4.74 Å². The number of hydrogen-bond acceptors (Lipinski definition) is 4. The molecule has 0 amide bonds. The first-order valence-corrected chi connectivity index (χ1v) is 7.09. The van der Waals surface area contributed by atoms with Crippen molar-refractivity contribution in [2.24, 2.45) is 0 Å². The maximum atomic E-state index is 14.2. The van der Waals surface area contributed by atoms with E-state index in [0.29, 0.717) is 22.3 Å². The molecule has 0 fully saturated rings. The summed E-state index contributed by atoms with van der Waals surface area (Å²) in [6.07, 6.45) is 0. The fourth-order valence-corrected chi connectivity index (χ4v) is 3.06. The average Bonchev–Trinajstić information content (AvgIpc) is 2.95. The highest BCUT2D eigenvalue weighted by molar-refractivity contribution is 9.10. The van der Waals surface area contributed by atoms with E-state index in [9.17, 15) is 8.78 Å². The molecule has 0 unspecified atom stereocenters. The zero-order valence-electron chi connectivity index (χ0n) is 10.2. The lowest BCUT2D eigenvalue weighted by Gasteiger charge is -2.08. The van der Waals surface area contributed by atoms with Crippen molar-refractivity contribution < 1.29 is 13.5 Å². The van der Waals surface area contributed by atoms with Gasteiger partial charge in [-0.3, -0.25) is 0 Å². The molecule has 0 bridgehead atoms. The maximum Gasteiger partial charge on any atom is 0.176 e. The fourth-order valence-electron chi connectivity index (χ4n) is 1.93. The van der Waals surface area contributed by atoms with Gasteiger partial charge in [0.2, 0.25) is 0 Å². The third-order valence-electron chi connectivity index (χ3n) is 2.92. The Hall–Kier alpha value is -1.60. The summed E-state index contributed by atoms with van der Waals surface area (Å²) in [6.45, 7) is 0. The molecule has 0 atom stereocenters. The van der Waals surface area contributed by atoms with Gasteiger partial charge in [-0.15, -0.1) is 0 Å². The van der Waals surface area contributed by atoms with Crippen molar-refractivity contribution >= 4 is 38.7 Å². The second-order valence-corrected chi connectivity index (χ2v) is 5.33. The van der Waals surface area contributed by atoms with E-state index >= 15 is 0 Å². The molecule has 7 heteroatoms. The summed E-state index contributed by atoms with van der Waals surface area (Å²) in [6, 6.07) is 6.67. The molecule has 1 aromatic heterocycles. The van der Waals surface area contributed by atoms with Crippen molar-refractivity contribution in [1.82, 2.24) is 8.75 Å². The smallest absolute Gasteiger partial charge is 0.176 e. The van der Waals surface area contributed by atoms with Gasteiger partial charge in [0.25, 0.3) is 0 Å². The molecule has 3 aromatic rings. The van der Waals surface area contributed by atoms with Crippen LogP contribution in [0.25, 0.3) is 22.2 Å². The third-order valence-corrected chi connectivity index (χ3v) is 4.17. The van der Waals surface area contributed by atoms with Crippen molar-refractivity contribution in [1.29, 1.82) is 0 Å². The Morgan fingerprint density at radius 2 is 1.70 bits per heavy atom. The van der Waals surface area contributed by atoms with Gasteiger partial charge in [0.1, 0.15) is 16.8 Å². The van der Waals surface area contributed by atoms with Crippen molar-refractivity contribution in [2.45, 2.75) is 0 Å². The number of hydrogen-bond donors (Lipinski definition) is 0. The first-order valence-electron chi connectivity index (χ1n) is 5.56. The van der Waals surface area contributed by atoms with Crippen LogP contribution in [0.4, 0.5) is 8.78 Å². The van der Waals surface area contributed by atoms with E-state index in [-0.39, 0.29) is 10.0 Å². The second-order valence-electron chi connectivity index (χ2n) is 4.01. The summed E-state index contributed by atoms with van der Waals surface area (Å²) in [7, 11) is 1.54. The molecule has 0 aliphatic carbocycles. The topological polar surface area (TPSA) is 35.0 Å². The third kappa shape index (κ3) is 1.97. The summed E-state index contributed by atoms with van der Waals surface area (Å²) in [5.74, 6) is -1.27. The van der Waals surface area contributed by atoms with Crippen LogP contribution in [-0.4, -0.2) is 15.9 Å². The summed E-state index contributed by atoms with van der Waals surface area (Å²) in [4.78, 5) is 0. The summed E-state index contributed by atoms with van der Waals surface area (Å²) in [5.41, 5.74) is 1.29. The monoisotopic (exact) mass is 356 g/mol. The lowest BCUT2D eigenvalue weighted by molar-refractivity contribution is 0.415. The molecule has 20 heavy (non-hydrogen) atoms. The van der Waals surface area contributed by atoms with Crippen molar-refractivity contribution in [3.63, 3.8) is 0 Å². The van der Waals surface area contributed by atoms with Gasteiger partial charge in [-0.25, -0.2) is 8.78 Å². The van der Waals surface area contributed by atoms with Crippen LogP contribution < -0.4 is 4.74 Å². The molecular weight excluding hydrogens is 350 g/mol. The number of nitrogens with zero attached hydrogens (tertiary/aromatic N) is 2. The van der Waals surface area contributed by atoms with Crippen molar-refractivity contribution in [3.8, 4) is 16.9 Å². The normalized spacial score (nSPS) is 11.0. The fraction of sp³-hybridized carbons (Fsp3) is 0.0769. The Morgan fingerprint density at radius 1 is 1.05 bits per heavy atom. The Balaban J connectivity index is 2.31. The molecule has 2 aromatic carbocycles.